The van der Waals surface area contributed by atoms with Gasteiger partial charge in [0.1, 0.15) is 0 Å². The molecule has 1 saturated heterocycles. The highest BCUT2D eigenvalue weighted by atomic mass is 79.9. The van der Waals surface area contributed by atoms with Gasteiger partial charge in [-0.25, -0.2) is 0 Å². The molecule has 2 atom stereocenters. The zero-order valence-electron chi connectivity index (χ0n) is 13.6. The van der Waals surface area contributed by atoms with Crippen LogP contribution in [0, 0.1) is 5.92 Å². The normalized spacial score (nSPS) is 20.4. The zero-order valence-corrected chi connectivity index (χ0v) is 15.2. The number of benzene rings is 1. The van der Waals surface area contributed by atoms with E-state index in [1.165, 1.54) is 38.0 Å². The molecule has 1 aromatic rings. The van der Waals surface area contributed by atoms with Crippen LogP contribution in [0.1, 0.15) is 39.2 Å². The summed E-state index contributed by atoms with van der Waals surface area (Å²) in [6.07, 6.45) is 3.78. The number of piperidine rings is 1. The molecule has 0 bridgehead atoms. The van der Waals surface area contributed by atoms with Gasteiger partial charge < -0.3 is 10.2 Å². The highest BCUT2D eigenvalue weighted by Crippen LogP contribution is 2.21. The maximum absolute atomic E-state index is 3.82. The molecule has 1 aliphatic heterocycles. The molecular formula is C18H29BrN2. The van der Waals surface area contributed by atoms with Crippen LogP contribution in [0.4, 0.5) is 0 Å². The molecule has 1 fully saturated rings. The number of likely N-dealkylation sites (tertiary alicyclic amines) is 1. The lowest BCUT2D eigenvalue weighted by Crippen LogP contribution is -2.45. The van der Waals surface area contributed by atoms with E-state index in [9.17, 15) is 0 Å². The molecule has 2 nitrogen and oxygen atoms in total. The highest BCUT2D eigenvalue weighted by molar-refractivity contribution is 9.10. The fraction of sp³-hybridized carbons (Fsp3) is 0.667. The Kier molecular flexibility index (Phi) is 6.72. The Labute approximate surface area is 138 Å². The minimum absolute atomic E-state index is 0.533. The van der Waals surface area contributed by atoms with Gasteiger partial charge in [0, 0.05) is 16.6 Å². The molecule has 0 aromatic heterocycles. The third-order valence-corrected chi connectivity index (χ3v) is 5.32. The number of halogens is 1. The summed E-state index contributed by atoms with van der Waals surface area (Å²) in [5.41, 5.74) is 1.41. The molecule has 3 heteroatoms. The van der Waals surface area contributed by atoms with Crippen LogP contribution in [0.5, 0.6) is 0 Å². The van der Waals surface area contributed by atoms with E-state index in [0.29, 0.717) is 12.1 Å². The Hall–Kier alpha value is -0.380. The third kappa shape index (κ3) is 5.39. The fourth-order valence-corrected chi connectivity index (χ4v) is 3.65. The average molecular weight is 353 g/mol. The van der Waals surface area contributed by atoms with E-state index >= 15 is 0 Å². The van der Waals surface area contributed by atoms with Crippen molar-refractivity contribution in [2.75, 3.05) is 19.6 Å². The molecule has 21 heavy (non-hydrogen) atoms. The maximum Gasteiger partial charge on any atom is 0.0175 e. The molecular weight excluding hydrogens is 324 g/mol. The van der Waals surface area contributed by atoms with Gasteiger partial charge >= 0.3 is 0 Å². The van der Waals surface area contributed by atoms with Gasteiger partial charge in [-0.1, -0.05) is 35.0 Å². The molecule has 2 unspecified atom stereocenters. The smallest absolute Gasteiger partial charge is 0.0175 e. The SMILES string of the molecule is CCN1CCC(C(C)NC(C)Cc2ccc(Br)cc2)CC1. The van der Waals surface area contributed by atoms with Gasteiger partial charge in [0.15, 0.2) is 0 Å². The summed E-state index contributed by atoms with van der Waals surface area (Å²) in [4.78, 5) is 2.56. The second kappa shape index (κ2) is 8.30. The van der Waals surface area contributed by atoms with Gasteiger partial charge in [0.25, 0.3) is 0 Å². The molecule has 0 aliphatic carbocycles. The molecule has 2 rings (SSSR count). The van der Waals surface area contributed by atoms with Crippen molar-refractivity contribution in [2.45, 2.75) is 52.1 Å². The Morgan fingerprint density at radius 3 is 2.38 bits per heavy atom. The monoisotopic (exact) mass is 352 g/mol. The van der Waals surface area contributed by atoms with Gasteiger partial charge in [-0.3, -0.25) is 0 Å². The first-order chi connectivity index (χ1) is 10.1. The van der Waals surface area contributed by atoms with Crippen LogP contribution in [0.15, 0.2) is 28.7 Å². The summed E-state index contributed by atoms with van der Waals surface area (Å²) in [5, 5.41) is 3.82. The lowest BCUT2D eigenvalue weighted by atomic mass is 9.89. The molecule has 1 aliphatic rings. The molecule has 1 aromatic carbocycles. The predicted octanol–water partition coefficient (Wildman–Crippen LogP) is 4.09. The van der Waals surface area contributed by atoms with E-state index in [1.807, 2.05) is 0 Å². The van der Waals surface area contributed by atoms with Crippen molar-refractivity contribution in [3.05, 3.63) is 34.3 Å². The summed E-state index contributed by atoms with van der Waals surface area (Å²) in [5.74, 6) is 0.833. The molecule has 1 N–H and O–H groups in total. The van der Waals surface area contributed by atoms with E-state index in [4.69, 9.17) is 0 Å². The lowest BCUT2D eigenvalue weighted by Gasteiger charge is -2.35. The maximum atomic E-state index is 3.82. The first-order valence-corrected chi connectivity index (χ1v) is 9.10. The van der Waals surface area contributed by atoms with Crippen LogP contribution in [0.25, 0.3) is 0 Å². The zero-order chi connectivity index (χ0) is 15.2. The number of nitrogens with one attached hydrogen (secondary N) is 1. The second-order valence-corrected chi connectivity index (χ2v) is 7.37. The van der Waals surface area contributed by atoms with Crippen LogP contribution in [-0.2, 0) is 6.42 Å². The van der Waals surface area contributed by atoms with Crippen molar-refractivity contribution in [1.29, 1.82) is 0 Å². The summed E-state index contributed by atoms with van der Waals surface area (Å²) in [6, 6.07) is 9.84. The van der Waals surface area contributed by atoms with Gasteiger partial charge in [-0.05, 0) is 76.4 Å². The molecule has 0 amide bonds. The van der Waals surface area contributed by atoms with Crippen molar-refractivity contribution < 1.29 is 0 Å². The standard InChI is InChI=1S/C18H29BrN2/c1-4-21-11-9-17(10-12-21)15(3)20-14(2)13-16-5-7-18(19)8-6-16/h5-8,14-15,17,20H,4,9-13H2,1-3H3. The van der Waals surface area contributed by atoms with Gasteiger partial charge in [-0.15, -0.1) is 0 Å². The second-order valence-electron chi connectivity index (χ2n) is 6.46. The molecule has 1 heterocycles. The van der Waals surface area contributed by atoms with Crippen LogP contribution in [-0.4, -0.2) is 36.6 Å². The Morgan fingerprint density at radius 2 is 1.81 bits per heavy atom. The number of rotatable bonds is 6. The van der Waals surface area contributed by atoms with Crippen molar-refractivity contribution >= 4 is 15.9 Å². The van der Waals surface area contributed by atoms with E-state index < -0.39 is 0 Å². The molecule has 0 radical (unpaired) electrons. The molecule has 0 saturated carbocycles. The molecule has 0 spiro atoms. The van der Waals surface area contributed by atoms with Gasteiger partial charge in [0.05, 0.1) is 0 Å². The van der Waals surface area contributed by atoms with Crippen molar-refractivity contribution in [3.63, 3.8) is 0 Å². The highest BCUT2D eigenvalue weighted by Gasteiger charge is 2.23. The molecule has 118 valence electrons. The largest absolute Gasteiger partial charge is 0.311 e. The fourth-order valence-electron chi connectivity index (χ4n) is 3.39. The van der Waals surface area contributed by atoms with Crippen LogP contribution < -0.4 is 5.32 Å². The summed E-state index contributed by atoms with van der Waals surface area (Å²) in [6.45, 7) is 10.7. The van der Waals surface area contributed by atoms with Crippen LogP contribution in [0.2, 0.25) is 0 Å². The average Bonchev–Trinajstić information content (AvgIpc) is 2.49. The Balaban J connectivity index is 1.76. The summed E-state index contributed by atoms with van der Waals surface area (Å²) in [7, 11) is 0. The van der Waals surface area contributed by atoms with Gasteiger partial charge in [0.2, 0.25) is 0 Å². The van der Waals surface area contributed by atoms with E-state index in [2.05, 4.69) is 71.2 Å². The third-order valence-electron chi connectivity index (χ3n) is 4.79. The Morgan fingerprint density at radius 1 is 1.19 bits per heavy atom. The van der Waals surface area contributed by atoms with Crippen molar-refractivity contribution in [2.24, 2.45) is 5.92 Å². The van der Waals surface area contributed by atoms with Crippen LogP contribution >= 0.6 is 15.9 Å². The number of nitrogens with zero attached hydrogens (tertiary/aromatic N) is 1. The lowest BCUT2D eigenvalue weighted by molar-refractivity contribution is 0.165. The number of hydrogen-bond donors (Lipinski definition) is 1. The topological polar surface area (TPSA) is 15.3 Å². The van der Waals surface area contributed by atoms with Crippen LogP contribution in [0.3, 0.4) is 0 Å². The van der Waals surface area contributed by atoms with E-state index in [-0.39, 0.29) is 0 Å². The van der Waals surface area contributed by atoms with Crippen molar-refractivity contribution in [1.82, 2.24) is 10.2 Å². The minimum Gasteiger partial charge on any atom is -0.311 e. The minimum atomic E-state index is 0.533. The van der Waals surface area contributed by atoms with Crippen molar-refractivity contribution in [3.8, 4) is 0 Å². The van der Waals surface area contributed by atoms with E-state index in [1.54, 1.807) is 0 Å². The number of hydrogen-bond acceptors (Lipinski definition) is 2. The quantitative estimate of drug-likeness (QED) is 0.829. The predicted molar refractivity (Wildman–Crippen MR) is 94.7 cm³/mol. The first-order valence-electron chi connectivity index (χ1n) is 8.31. The van der Waals surface area contributed by atoms with E-state index in [0.717, 1.165) is 16.8 Å². The first kappa shape index (κ1) is 17.0. The summed E-state index contributed by atoms with van der Waals surface area (Å²) >= 11 is 3.50. The van der Waals surface area contributed by atoms with Gasteiger partial charge in [-0.2, -0.15) is 0 Å². The Bertz CT molecular complexity index is 410. The summed E-state index contributed by atoms with van der Waals surface area (Å²) < 4.78 is 1.16.